The fourth-order valence-electron chi connectivity index (χ4n) is 4.44. The Kier molecular flexibility index (Phi) is 5.05. The first-order valence-electron chi connectivity index (χ1n) is 10.7. The molecule has 3 aromatic rings. The summed E-state index contributed by atoms with van der Waals surface area (Å²) in [5, 5.41) is 0. The monoisotopic (exact) mass is 466 g/mol. The predicted octanol–water partition coefficient (Wildman–Crippen LogP) is 4.78. The van der Waals surface area contributed by atoms with Crippen molar-refractivity contribution in [3.8, 4) is 22.6 Å². The maximum Gasteiger partial charge on any atom is 0.231 e. The van der Waals surface area contributed by atoms with E-state index >= 15 is 0 Å². The highest BCUT2D eigenvalue weighted by Gasteiger charge is 2.51. The van der Waals surface area contributed by atoms with Crippen LogP contribution in [0.2, 0.25) is 0 Å². The van der Waals surface area contributed by atoms with Gasteiger partial charge in [-0.3, -0.25) is 4.79 Å². The van der Waals surface area contributed by atoms with Gasteiger partial charge in [0.1, 0.15) is 11.6 Å². The molecule has 0 aromatic heterocycles. The Balaban J connectivity index is 1.44. The van der Waals surface area contributed by atoms with Crippen molar-refractivity contribution in [2.24, 2.45) is 0 Å². The molecule has 0 N–H and O–H groups in total. The van der Waals surface area contributed by atoms with Crippen LogP contribution in [0, 0.1) is 12.7 Å². The zero-order valence-corrected chi connectivity index (χ0v) is 19.2. The first-order valence-corrected chi connectivity index (χ1v) is 12.6. The fraction of sp³-hybridized carbons (Fsp3) is 0.269. The molecular formula is C26H23FO5S. The molecule has 0 bridgehead atoms. The van der Waals surface area contributed by atoms with Gasteiger partial charge in [0, 0.05) is 12.7 Å². The second-order valence-corrected chi connectivity index (χ2v) is 10.8. The molecule has 7 heteroatoms. The Morgan fingerprint density at radius 2 is 1.70 bits per heavy atom. The standard InChI is InChI=1S/C26H23FO5S/c1-16-11-22(27)18(12-21(16)17-3-6-20(7-4-17)33(2,29)30)13-25(28)26(9-10-26)19-5-8-23-24(14-19)32-15-31-23/h3-8,11-12,14H,9-10,13,15H2,1-2H3. The smallest absolute Gasteiger partial charge is 0.231 e. The molecule has 0 unspecified atom stereocenters. The average molecular weight is 467 g/mol. The predicted molar refractivity (Wildman–Crippen MR) is 122 cm³/mol. The van der Waals surface area contributed by atoms with Gasteiger partial charge in [-0.15, -0.1) is 0 Å². The molecule has 1 aliphatic heterocycles. The van der Waals surface area contributed by atoms with Crippen molar-refractivity contribution in [2.75, 3.05) is 13.0 Å². The number of aryl methyl sites for hydroxylation is 1. The lowest BCUT2D eigenvalue weighted by molar-refractivity contribution is -0.120. The second kappa shape index (κ2) is 7.70. The maximum absolute atomic E-state index is 14.8. The van der Waals surface area contributed by atoms with Crippen molar-refractivity contribution in [3.63, 3.8) is 0 Å². The molecule has 0 spiro atoms. The third kappa shape index (κ3) is 3.91. The van der Waals surface area contributed by atoms with Crippen LogP contribution in [-0.4, -0.2) is 27.2 Å². The molecule has 1 saturated carbocycles. The normalized spacial score (nSPS) is 16.0. The number of benzene rings is 3. The highest BCUT2D eigenvalue weighted by Crippen LogP contribution is 2.51. The topological polar surface area (TPSA) is 69.7 Å². The molecule has 0 amide bonds. The van der Waals surface area contributed by atoms with E-state index in [1.807, 2.05) is 18.2 Å². The van der Waals surface area contributed by atoms with Crippen LogP contribution in [0.4, 0.5) is 4.39 Å². The number of sulfone groups is 1. The number of ether oxygens (including phenoxy) is 2. The number of halogens is 1. The van der Waals surface area contributed by atoms with Crippen molar-refractivity contribution in [3.05, 3.63) is 77.1 Å². The zero-order valence-electron chi connectivity index (χ0n) is 18.4. The van der Waals surface area contributed by atoms with Crippen LogP contribution in [0.25, 0.3) is 11.1 Å². The highest BCUT2D eigenvalue weighted by atomic mass is 32.2. The minimum atomic E-state index is -3.30. The van der Waals surface area contributed by atoms with Gasteiger partial charge in [0.05, 0.1) is 10.3 Å². The largest absolute Gasteiger partial charge is 0.454 e. The molecule has 3 aromatic carbocycles. The zero-order chi connectivity index (χ0) is 23.4. The lowest BCUT2D eigenvalue weighted by atomic mass is 9.86. The molecule has 2 aliphatic rings. The maximum atomic E-state index is 14.8. The Hall–Kier alpha value is -3.19. The number of carbonyl (C=O) groups is 1. The fourth-order valence-corrected chi connectivity index (χ4v) is 5.07. The minimum Gasteiger partial charge on any atom is -0.454 e. The van der Waals surface area contributed by atoms with Crippen LogP contribution >= 0.6 is 0 Å². The summed E-state index contributed by atoms with van der Waals surface area (Å²) in [5.41, 5.74) is 2.85. The third-order valence-corrected chi connectivity index (χ3v) is 7.68. The molecule has 0 saturated heterocycles. The number of rotatable bonds is 6. The SMILES string of the molecule is Cc1cc(F)c(CC(=O)C2(c3ccc4c(c3)OCO4)CC2)cc1-c1ccc(S(C)(=O)=O)cc1. The van der Waals surface area contributed by atoms with Crippen LogP contribution in [0.5, 0.6) is 11.5 Å². The van der Waals surface area contributed by atoms with Gasteiger partial charge in [-0.2, -0.15) is 0 Å². The van der Waals surface area contributed by atoms with Gasteiger partial charge in [0.15, 0.2) is 21.3 Å². The van der Waals surface area contributed by atoms with E-state index in [-0.39, 0.29) is 23.9 Å². The van der Waals surface area contributed by atoms with E-state index in [1.54, 1.807) is 25.1 Å². The van der Waals surface area contributed by atoms with Gasteiger partial charge < -0.3 is 9.47 Å². The van der Waals surface area contributed by atoms with Crippen LogP contribution < -0.4 is 9.47 Å². The van der Waals surface area contributed by atoms with Gasteiger partial charge in [0.2, 0.25) is 6.79 Å². The summed E-state index contributed by atoms with van der Waals surface area (Å²) in [6.07, 6.45) is 2.58. The Labute approximate surface area is 192 Å². The summed E-state index contributed by atoms with van der Waals surface area (Å²) in [5.74, 6) is 0.854. The first kappa shape index (κ1) is 21.6. The van der Waals surface area contributed by atoms with Gasteiger partial charge in [-0.1, -0.05) is 18.2 Å². The number of hydrogen-bond acceptors (Lipinski definition) is 5. The van der Waals surface area contributed by atoms with Gasteiger partial charge >= 0.3 is 0 Å². The molecule has 1 aliphatic carbocycles. The van der Waals surface area contributed by atoms with Crippen LogP contribution in [0.15, 0.2) is 59.5 Å². The number of hydrogen-bond donors (Lipinski definition) is 0. The molecule has 1 heterocycles. The van der Waals surface area contributed by atoms with E-state index in [0.29, 0.717) is 22.6 Å². The lowest BCUT2D eigenvalue weighted by Gasteiger charge is -2.17. The quantitative estimate of drug-likeness (QED) is 0.523. The summed E-state index contributed by atoms with van der Waals surface area (Å²) < 4.78 is 49.2. The minimum absolute atomic E-state index is 0.0189. The summed E-state index contributed by atoms with van der Waals surface area (Å²) >= 11 is 0. The van der Waals surface area contributed by atoms with Crippen molar-refractivity contribution in [2.45, 2.75) is 36.5 Å². The van der Waals surface area contributed by atoms with Gasteiger partial charge in [-0.25, -0.2) is 12.8 Å². The molecular weight excluding hydrogens is 443 g/mol. The van der Waals surface area contributed by atoms with E-state index in [2.05, 4.69) is 0 Å². The van der Waals surface area contributed by atoms with Crippen molar-refractivity contribution in [1.82, 2.24) is 0 Å². The average Bonchev–Trinajstić information content (AvgIpc) is 3.46. The highest BCUT2D eigenvalue weighted by molar-refractivity contribution is 7.90. The molecule has 0 atom stereocenters. The Morgan fingerprint density at radius 3 is 2.36 bits per heavy atom. The lowest BCUT2D eigenvalue weighted by Crippen LogP contribution is -2.23. The van der Waals surface area contributed by atoms with Gasteiger partial charge in [0.25, 0.3) is 0 Å². The van der Waals surface area contributed by atoms with E-state index in [0.717, 1.165) is 35.8 Å². The van der Waals surface area contributed by atoms with Crippen LogP contribution in [-0.2, 0) is 26.5 Å². The molecule has 0 radical (unpaired) electrons. The number of fused-ring (bicyclic) bond motifs is 1. The van der Waals surface area contributed by atoms with E-state index in [1.165, 1.54) is 18.2 Å². The molecule has 5 nitrogen and oxygen atoms in total. The molecule has 170 valence electrons. The van der Waals surface area contributed by atoms with E-state index in [4.69, 9.17) is 9.47 Å². The van der Waals surface area contributed by atoms with Gasteiger partial charge in [-0.05, 0) is 84.0 Å². The van der Waals surface area contributed by atoms with Crippen LogP contribution in [0.1, 0.15) is 29.5 Å². The molecule has 33 heavy (non-hydrogen) atoms. The Bertz CT molecular complexity index is 1370. The second-order valence-electron chi connectivity index (χ2n) is 8.81. The van der Waals surface area contributed by atoms with E-state index in [9.17, 15) is 17.6 Å². The number of carbonyl (C=O) groups excluding carboxylic acids is 1. The van der Waals surface area contributed by atoms with E-state index < -0.39 is 21.1 Å². The first-order chi connectivity index (χ1) is 15.7. The summed E-state index contributed by atoms with van der Waals surface area (Å²) in [6, 6.07) is 15.2. The summed E-state index contributed by atoms with van der Waals surface area (Å²) in [4.78, 5) is 13.6. The summed E-state index contributed by atoms with van der Waals surface area (Å²) in [7, 11) is -3.30. The number of ketones is 1. The third-order valence-electron chi connectivity index (χ3n) is 6.55. The molecule has 1 fully saturated rings. The van der Waals surface area contributed by atoms with Crippen molar-refractivity contribution in [1.29, 1.82) is 0 Å². The van der Waals surface area contributed by atoms with Crippen molar-refractivity contribution < 1.29 is 27.1 Å². The van der Waals surface area contributed by atoms with Crippen molar-refractivity contribution >= 4 is 15.6 Å². The summed E-state index contributed by atoms with van der Waals surface area (Å²) in [6.45, 7) is 1.96. The Morgan fingerprint density at radius 1 is 1.00 bits per heavy atom. The number of Topliss-reactive ketones (excluding diaryl/α,β-unsaturated/α-hetero) is 1. The molecule has 5 rings (SSSR count). The van der Waals surface area contributed by atoms with Crippen LogP contribution in [0.3, 0.4) is 0 Å².